The van der Waals surface area contributed by atoms with Crippen LogP contribution in [0.4, 0.5) is 0 Å². The maximum absolute atomic E-state index is 12.8. The van der Waals surface area contributed by atoms with Gasteiger partial charge in [-0.25, -0.2) is 0 Å². The average molecular weight is 475 g/mol. The van der Waals surface area contributed by atoms with Crippen LogP contribution in [0.15, 0.2) is 48.5 Å². The summed E-state index contributed by atoms with van der Waals surface area (Å²) in [6.45, 7) is 3.40. The maximum atomic E-state index is 12.8. The van der Waals surface area contributed by atoms with E-state index in [4.69, 9.17) is 5.11 Å². The molecular formula is C25H30O5S2. The van der Waals surface area contributed by atoms with E-state index in [1.54, 1.807) is 19.9 Å². The Morgan fingerprint density at radius 3 is 2.59 bits per heavy atom. The highest BCUT2D eigenvalue weighted by molar-refractivity contribution is 8.01. The molecule has 0 heterocycles. The third-order valence-electron chi connectivity index (χ3n) is 5.39. The van der Waals surface area contributed by atoms with Gasteiger partial charge in [-0.2, -0.15) is 11.8 Å². The Hall–Kier alpha value is -1.80. The minimum Gasteiger partial charge on any atom is -0.481 e. The molecule has 0 aliphatic heterocycles. The normalized spacial score (nSPS) is 21.9. The zero-order valence-electron chi connectivity index (χ0n) is 18.4. The van der Waals surface area contributed by atoms with E-state index in [0.29, 0.717) is 11.5 Å². The number of ketones is 1. The number of carboxylic acids is 1. The smallest absolute Gasteiger partial charge is 0.313 e. The Kier molecular flexibility index (Phi) is 8.44. The van der Waals surface area contributed by atoms with Crippen LogP contribution >= 0.6 is 23.5 Å². The molecule has 1 fully saturated rings. The van der Waals surface area contributed by atoms with Crippen molar-refractivity contribution >= 4 is 51.6 Å². The first-order valence-corrected chi connectivity index (χ1v) is 12.9. The lowest BCUT2D eigenvalue weighted by Crippen LogP contribution is -2.27. The van der Waals surface area contributed by atoms with Gasteiger partial charge in [-0.1, -0.05) is 42.5 Å². The predicted octanol–water partition coefficient (Wildman–Crippen LogP) is 4.25. The molecule has 3 N–H and O–H groups in total. The summed E-state index contributed by atoms with van der Waals surface area (Å²) < 4.78 is 0. The lowest BCUT2D eigenvalue weighted by atomic mass is 9.84. The number of rotatable bonds is 10. The molecule has 172 valence electrons. The van der Waals surface area contributed by atoms with Gasteiger partial charge < -0.3 is 15.3 Å². The van der Waals surface area contributed by atoms with Gasteiger partial charge in [0, 0.05) is 12.3 Å². The molecule has 3 unspecified atom stereocenters. The summed E-state index contributed by atoms with van der Waals surface area (Å²) in [5.74, 6) is 0.270. The molecule has 3 atom stereocenters. The predicted molar refractivity (Wildman–Crippen MR) is 133 cm³/mol. The van der Waals surface area contributed by atoms with Crippen LogP contribution in [-0.4, -0.2) is 61.3 Å². The number of fused-ring (bicyclic) bond motifs is 1. The largest absolute Gasteiger partial charge is 0.481 e. The number of benzene rings is 2. The molecule has 7 heteroatoms. The number of aliphatic hydroxyl groups excluding tert-OH is 1. The SMILES string of the molecule is CC(C)(O)/C=C(/c1cccc2ccccc12)C1C(O)CC(=O)C1SCCCSCC(=O)O. The highest BCUT2D eigenvalue weighted by Gasteiger charge is 2.44. The van der Waals surface area contributed by atoms with E-state index in [1.165, 1.54) is 23.5 Å². The zero-order valence-corrected chi connectivity index (χ0v) is 20.0. The fourth-order valence-corrected chi connectivity index (χ4v) is 6.39. The number of thioether (sulfide) groups is 2. The van der Waals surface area contributed by atoms with E-state index in [2.05, 4.69) is 0 Å². The van der Waals surface area contributed by atoms with Crippen LogP contribution in [0.25, 0.3) is 16.3 Å². The van der Waals surface area contributed by atoms with Gasteiger partial charge in [-0.15, -0.1) is 11.8 Å². The van der Waals surface area contributed by atoms with Crippen molar-refractivity contribution in [2.75, 3.05) is 17.3 Å². The minimum absolute atomic E-state index is 0.0209. The first kappa shape index (κ1) is 24.8. The molecule has 0 aromatic heterocycles. The van der Waals surface area contributed by atoms with Crippen molar-refractivity contribution in [2.45, 2.75) is 43.6 Å². The zero-order chi connectivity index (χ0) is 23.3. The van der Waals surface area contributed by atoms with Gasteiger partial charge in [-0.3, -0.25) is 9.59 Å². The van der Waals surface area contributed by atoms with E-state index >= 15 is 0 Å². The molecule has 5 nitrogen and oxygen atoms in total. The van der Waals surface area contributed by atoms with Crippen LogP contribution in [-0.2, 0) is 9.59 Å². The number of carboxylic acid groups (broad SMARTS) is 1. The minimum atomic E-state index is -1.11. The van der Waals surface area contributed by atoms with Crippen LogP contribution in [0.5, 0.6) is 0 Å². The van der Waals surface area contributed by atoms with Crippen LogP contribution in [0.3, 0.4) is 0 Å². The van der Waals surface area contributed by atoms with Crippen LogP contribution in [0, 0.1) is 5.92 Å². The molecule has 2 aromatic carbocycles. The Balaban J connectivity index is 1.89. The van der Waals surface area contributed by atoms with Gasteiger partial charge >= 0.3 is 5.97 Å². The van der Waals surface area contributed by atoms with Crippen molar-refractivity contribution in [2.24, 2.45) is 5.92 Å². The summed E-state index contributed by atoms with van der Waals surface area (Å²) in [5.41, 5.74) is 0.609. The molecule has 0 amide bonds. The number of hydrogen-bond donors (Lipinski definition) is 3. The van der Waals surface area contributed by atoms with Gasteiger partial charge in [0.1, 0.15) is 5.78 Å². The summed E-state index contributed by atoms with van der Waals surface area (Å²) in [6, 6.07) is 14.0. The molecular weight excluding hydrogens is 444 g/mol. The highest BCUT2D eigenvalue weighted by Crippen LogP contribution is 2.44. The highest BCUT2D eigenvalue weighted by atomic mass is 32.2. The molecule has 0 spiro atoms. The van der Waals surface area contributed by atoms with Gasteiger partial charge in [0.05, 0.1) is 22.7 Å². The van der Waals surface area contributed by atoms with Crippen molar-refractivity contribution in [3.8, 4) is 0 Å². The van der Waals surface area contributed by atoms with Crippen molar-refractivity contribution in [1.29, 1.82) is 0 Å². The van der Waals surface area contributed by atoms with Gasteiger partial charge in [0.25, 0.3) is 0 Å². The molecule has 0 saturated heterocycles. The fourth-order valence-electron chi connectivity index (χ4n) is 4.16. The van der Waals surface area contributed by atoms with Gasteiger partial charge in [0.2, 0.25) is 0 Å². The van der Waals surface area contributed by atoms with Crippen LogP contribution < -0.4 is 0 Å². The monoisotopic (exact) mass is 474 g/mol. The van der Waals surface area contributed by atoms with Crippen molar-refractivity contribution in [3.63, 3.8) is 0 Å². The molecule has 0 bridgehead atoms. The number of Topliss-reactive ketones (excluding diaryl/α,β-unsaturated/α-hetero) is 1. The van der Waals surface area contributed by atoms with Crippen LogP contribution in [0.1, 0.15) is 32.3 Å². The third-order valence-corrected chi connectivity index (χ3v) is 7.86. The molecule has 32 heavy (non-hydrogen) atoms. The Morgan fingerprint density at radius 1 is 1.16 bits per heavy atom. The summed E-state index contributed by atoms with van der Waals surface area (Å²) in [7, 11) is 0. The number of carbonyl (C=O) groups is 2. The standard InChI is InChI=1S/C25H30O5S2/c1-25(2,30)14-19(18-10-5-8-16-7-3-4-9-17(16)18)23-20(26)13-21(27)24(23)32-12-6-11-31-15-22(28)29/h3-5,7-10,14,20,23-24,26,30H,6,11-13,15H2,1-2H3,(H,28,29)/b19-14-. The summed E-state index contributed by atoms with van der Waals surface area (Å²) >= 11 is 2.89. The Morgan fingerprint density at radius 2 is 1.88 bits per heavy atom. The Labute approximate surface area is 197 Å². The second kappa shape index (κ2) is 10.9. The second-order valence-corrected chi connectivity index (χ2v) is 11.0. The molecule has 1 aliphatic carbocycles. The van der Waals surface area contributed by atoms with E-state index in [9.17, 15) is 19.8 Å². The quantitative estimate of drug-likeness (QED) is 0.443. The molecule has 3 rings (SSSR count). The molecule has 2 aromatic rings. The van der Waals surface area contributed by atoms with E-state index in [1.807, 2.05) is 42.5 Å². The lowest BCUT2D eigenvalue weighted by molar-refractivity contribution is -0.133. The first-order chi connectivity index (χ1) is 15.2. The molecule has 0 radical (unpaired) electrons. The lowest BCUT2D eigenvalue weighted by Gasteiger charge is -2.27. The summed E-state index contributed by atoms with van der Waals surface area (Å²) in [6.07, 6.45) is 1.85. The number of aliphatic carboxylic acids is 1. The number of carbonyl (C=O) groups excluding carboxylic acids is 1. The summed E-state index contributed by atoms with van der Waals surface area (Å²) in [4.78, 5) is 23.5. The van der Waals surface area contributed by atoms with Crippen molar-refractivity contribution in [1.82, 2.24) is 0 Å². The van der Waals surface area contributed by atoms with E-state index in [-0.39, 0.29) is 18.0 Å². The molecule has 1 saturated carbocycles. The van der Waals surface area contributed by atoms with Gasteiger partial charge in [0.15, 0.2) is 0 Å². The topological polar surface area (TPSA) is 94.8 Å². The summed E-state index contributed by atoms with van der Waals surface area (Å²) in [5, 5.41) is 32.0. The average Bonchev–Trinajstić information content (AvgIpc) is 3.00. The van der Waals surface area contributed by atoms with Crippen molar-refractivity contribution < 1.29 is 24.9 Å². The first-order valence-electron chi connectivity index (χ1n) is 10.7. The van der Waals surface area contributed by atoms with E-state index in [0.717, 1.165) is 28.3 Å². The second-order valence-electron chi connectivity index (χ2n) is 8.63. The third kappa shape index (κ3) is 6.38. The maximum Gasteiger partial charge on any atom is 0.313 e. The Bertz CT molecular complexity index is 990. The van der Waals surface area contributed by atoms with Crippen LogP contribution in [0.2, 0.25) is 0 Å². The number of aliphatic hydroxyl groups is 2. The fraction of sp³-hybridized carbons (Fsp3) is 0.440. The number of hydrogen-bond acceptors (Lipinski definition) is 6. The van der Waals surface area contributed by atoms with Gasteiger partial charge in [-0.05, 0) is 59.8 Å². The van der Waals surface area contributed by atoms with Crippen molar-refractivity contribution in [3.05, 3.63) is 54.1 Å². The molecule has 1 aliphatic rings. The van der Waals surface area contributed by atoms with E-state index < -0.39 is 28.8 Å².